The summed E-state index contributed by atoms with van der Waals surface area (Å²) in [6.45, 7) is 7.66. The van der Waals surface area contributed by atoms with Gasteiger partial charge < -0.3 is 24.7 Å². The molecule has 1 amide bonds. The van der Waals surface area contributed by atoms with Crippen LogP contribution in [0.2, 0.25) is 0 Å². The molecule has 2 heterocycles. The van der Waals surface area contributed by atoms with Gasteiger partial charge in [-0.25, -0.2) is 0 Å². The summed E-state index contributed by atoms with van der Waals surface area (Å²) in [7, 11) is 1.54. The highest BCUT2D eigenvalue weighted by molar-refractivity contribution is 5.76. The molecule has 0 spiro atoms. The fourth-order valence-corrected chi connectivity index (χ4v) is 3.59. The predicted octanol–water partition coefficient (Wildman–Crippen LogP) is 1.94. The molecule has 32 heavy (non-hydrogen) atoms. The van der Waals surface area contributed by atoms with E-state index in [1.165, 1.54) is 26.4 Å². The first-order valence-corrected chi connectivity index (χ1v) is 11.0. The average molecular weight is 442 g/mol. The van der Waals surface area contributed by atoms with Crippen molar-refractivity contribution in [2.75, 3.05) is 39.9 Å². The van der Waals surface area contributed by atoms with Gasteiger partial charge in [-0.05, 0) is 44.1 Å². The van der Waals surface area contributed by atoms with Gasteiger partial charge >= 0.3 is 0 Å². The van der Waals surface area contributed by atoms with Gasteiger partial charge in [-0.3, -0.25) is 9.59 Å². The molecule has 172 valence electrons. The standard InChI is InChI=1S/C23H31N5O4/c1-3-15-32-19-9-7-17(16-20(19)31-2)22-25-23(30)18(26-27-22)8-10-21(29)24-11-14-28-12-5-4-6-13-28/h3,7,9,16H,1,4-6,8,10-15H2,2H3,(H,24,29)(H,25,27,30). The topological polar surface area (TPSA) is 109 Å². The molecule has 1 aliphatic heterocycles. The second kappa shape index (κ2) is 12.0. The van der Waals surface area contributed by atoms with Crippen LogP contribution in [-0.2, 0) is 11.2 Å². The molecule has 2 aromatic rings. The van der Waals surface area contributed by atoms with Crippen molar-refractivity contribution in [3.05, 3.63) is 46.9 Å². The highest BCUT2D eigenvalue weighted by atomic mass is 16.5. The zero-order chi connectivity index (χ0) is 22.8. The molecule has 0 bridgehead atoms. The largest absolute Gasteiger partial charge is 0.493 e. The Bertz CT molecular complexity index is 969. The van der Waals surface area contributed by atoms with Crippen molar-refractivity contribution in [1.29, 1.82) is 0 Å². The third kappa shape index (κ3) is 6.65. The number of nitrogens with one attached hydrogen (secondary N) is 2. The lowest BCUT2D eigenvalue weighted by molar-refractivity contribution is -0.121. The summed E-state index contributed by atoms with van der Waals surface area (Å²) in [4.78, 5) is 29.7. The summed E-state index contributed by atoms with van der Waals surface area (Å²) in [5.41, 5.74) is 0.513. The van der Waals surface area contributed by atoms with Crippen LogP contribution in [0.25, 0.3) is 11.4 Å². The molecule has 1 aliphatic rings. The van der Waals surface area contributed by atoms with Gasteiger partial charge in [0.05, 0.1) is 7.11 Å². The van der Waals surface area contributed by atoms with Crippen molar-refractivity contribution in [1.82, 2.24) is 25.4 Å². The van der Waals surface area contributed by atoms with Crippen LogP contribution in [0.3, 0.4) is 0 Å². The van der Waals surface area contributed by atoms with E-state index in [1.807, 2.05) is 0 Å². The van der Waals surface area contributed by atoms with Crippen LogP contribution >= 0.6 is 0 Å². The van der Waals surface area contributed by atoms with Gasteiger partial charge in [-0.1, -0.05) is 19.1 Å². The Labute approximate surface area is 187 Å². The van der Waals surface area contributed by atoms with E-state index in [9.17, 15) is 9.59 Å². The minimum absolute atomic E-state index is 0.0906. The number of carbonyl (C=O) groups excluding carboxylic acids is 1. The number of rotatable bonds is 11. The number of methoxy groups -OCH3 is 1. The normalized spacial score (nSPS) is 14.0. The molecular formula is C23H31N5O4. The zero-order valence-electron chi connectivity index (χ0n) is 18.6. The number of aromatic nitrogens is 3. The third-order valence-electron chi connectivity index (χ3n) is 5.35. The lowest BCUT2D eigenvalue weighted by Gasteiger charge is -2.26. The first-order chi connectivity index (χ1) is 15.6. The van der Waals surface area contributed by atoms with E-state index in [1.54, 1.807) is 24.3 Å². The van der Waals surface area contributed by atoms with Crippen LogP contribution in [0.15, 0.2) is 35.6 Å². The lowest BCUT2D eigenvalue weighted by Crippen LogP contribution is -2.37. The molecule has 1 aromatic heterocycles. The Morgan fingerprint density at radius 2 is 2.06 bits per heavy atom. The van der Waals surface area contributed by atoms with Gasteiger partial charge in [0.15, 0.2) is 17.3 Å². The maximum atomic E-state index is 12.4. The number of hydrogen-bond donors (Lipinski definition) is 2. The quantitative estimate of drug-likeness (QED) is 0.513. The number of benzene rings is 1. The number of aromatic amines is 1. The number of amides is 1. The van der Waals surface area contributed by atoms with E-state index in [0.29, 0.717) is 36.0 Å². The molecular weight excluding hydrogens is 410 g/mol. The third-order valence-corrected chi connectivity index (χ3v) is 5.35. The molecule has 0 aliphatic carbocycles. The molecule has 0 atom stereocenters. The van der Waals surface area contributed by atoms with Gasteiger partial charge in [0.25, 0.3) is 5.56 Å². The number of H-pyrrole nitrogens is 1. The highest BCUT2D eigenvalue weighted by Gasteiger charge is 2.13. The average Bonchev–Trinajstić information content (AvgIpc) is 2.82. The number of hydrogen-bond acceptors (Lipinski definition) is 7. The Kier molecular flexibility index (Phi) is 8.79. The highest BCUT2D eigenvalue weighted by Crippen LogP contribution is 2.31. The van der Waals surface area contributed by atoms with E-state index in [2.05, 4.69) is 32.0 Å². The fraction of sp³-hybridized carbons (Fsp3) is 0.478. The second-order valence-corrected chi connectivity index (χ2v) is 7.67. The van der Waals surface area contributed by atoms with Crippen LogP contribution < -0.4 is 20.3 Å². The molecule has 9 nitrogen and oxygen atoms in total. The van der Waals surface area contributed by atoms with Crippen molar-refractivity contribution >= 4 is 5.91 Å². The van der Waals surface area contributed by atoms with Gasteiger partial charge in [0.1, 0.15) is 12.3 Å². The minimum atomic E-state index is -0.359. The smallest absolute Gasteiger partial charge is 0.273 e. The van der Waals surface area contributed by atoms with Gasteiger partial charge in [0.2, 0.25) is 5.91 Å². The molecule has 0 unspecified atom stereocenters. The van der Waals surface area contributed by atoms with Crippen LogP contribution in [0, 0.1) is 0 Å². The summed E-state index contributed by atoms with van der Waals surface area (Å²) in [5, 5.41) is 11.1. The summed E-state index contributed by atoms with van der Waals surface area (Å²) in [6, 6.07) is 5.21. The van der Waals surface area contributed by atoms with Crippen LogP contribution in [0.5, 0.6) is 11.5 Å². The Morgan fingerprint density at radius 1 is 1.25 bits per heavy atom. The van der Waals surface area contributed by atoms with Crippen molar-refractivity contribution in [2.24, 2.45) is 0 Å². The molecule has 1 fully saturated rings. The number of nitrogens with zero attached hydrogens (tertiary/aromatic N) is 3. The molecule has 9 heteroatoms. The molecule has 2 N–H and O–H groups in total. The van der Waals surface area contributed by atoms with Crippen molar-refractivity contribution in [3.63, 3.8) is 0 Å². The van der Waals surface area contributed by atoms with Crippen LogP contribution in [0.4, 0.5) is 0 Å². The van der Waals surface area contributed by atoms with Crippen molar-refractivity contribution in [2.45, 2.75) is 32.1 Å². The van der Waals surface area contributed by atoms with E-state index in [4.69, 9.17) is 9.47 Å². The monoisotopic (exact) mass is 441 g/mol. The molecule has 0 radical (unpaired) electrons. The maximum absolute atomic E-state index is 12.4. The summed E-state index contributed by atoms with van der Waals surface area (Å²) < 4.78 is 10.9. The first kappa shape index (κ1) is 23.5. The molecule has 0 saturated carbocycles. The van der Waals surface area contributed by atoms with Gasteiger partial charge in [-0.15, -0.1) is 10.2 Å². The van der Waals surface area contributed by atoms with Gasteiger partial charge in [-0.2, -0.15) is 0 Å². The number of likely N-dealkylation sites (tertiary alicyclic amines) is 1. The second-order valence-electron chi connectivity index (χ2n) is 7.67. The Morgan fingerprint density at radius 3 is 2.78 bits per heavy atom. The number of aryl methyl sites for hydroxylation is 1. The molecule has 3 rings (SSSR count). The number of carbonyl (C=O) groups is 1. The van der Waals surface area contributed by atoms with E-state index in [-0.39, 0.29) is 30.0 Å². The molecule has 1 aromatic carbocycles. The number of piperidine rings is 1. The van der Waals surface area contributed by atoms with E-state index in [0.717, 1.165) is 19.6 Å². The SMILES string of the molecule is C=CCOc1ccc(-c2nnc(CCC(=O)NCCN3CCCCC3)c(=O)[nH]2)cc1OC. The summed E-state index contributed by atoms with van der Waals surface area (Å²) >= 11 is 0. The maximum Gasteiger partial charge on any atom is 0.273 e. The number of ether oxygens (including phenoxy) is 2. The predicted molar refractivity (Wildman–Crippen MR) is 122 cm³/mol. The summed E-state index contributed by atoms with van der Waals surface area (Å²) in [5.74, 6) is 1.30. The first-order valence-electron chi connectivity index (χ1n) is 11.0. The molecule has 1 saturated heterocycles. The lowest BCUT2D eigenvalue weighted by atomic mass is 10.1. The fourth-order valence-electron chi connectivity index (χ4n) is 3.59. The zero-order valence-corrected chi connectivity index (χ0v) is 18.6. The van der Waals surface area contributed by atoms with E-state index < -0.39 is 0 Å². The van der Waals surface area contributed by atoms with Crippen LogP contribution in [-0.4, -0.2) is 65.9 Å². The minimum Gasteiger partial charge on any atom is -0.493 e. The van der Waals surface area contributed by atoms with Gasteiger partial charge in [0, 0.05) is 31.5 Å². The van der Waals surface area contributed by atoms with Crippen molar-refractivity contribution in [3.8, 4) is 22.9 Å². The van der Waals surface area contributed by atoms with Crippen molar-refractivity contribution < 1.29 is 14.3 Å². The Balaban J connectivity index is 1.54. The van der Waals surface area contributed by atoms with E-state index >= 15 is 0 Å². The summed E-state index contributed by atoms with van der Waals surface area (Å²) in [6.07, 6.45) is 5.82. The van der Waals surface area contributed by atoms with Crippen LogP contribution in [0.1, 0.15) is 31.4 Å². The Hall–Kier alpha value is -3.20.